The van der Waals surface area contributed by atoms with Crippen LogP contribution in [0.2, 0.25) is 0 Å². The van der Waals surface area contributed by atoms with Gasteiger partial charge in [-0.2, -0.15) is 5.10 Å². The predicted molar refractivity (Wildman–Crippen MR) is 154 cm³/mol. The van der Waals surface area contributed by atoms with Crippen LogP contribution in [-0.4, -0.2) is 32.5 Å². The number of aryl methyl sites for hydroxylation is 2. The van der Waals surface area contributed by atoms with E-state index in [0.717, 1.165) is 35.4 Å². The molecule has 0 saturated heterocycles. The van der Waals surface area contributed by atoms with E-state index < -0.39 is 5.97 Å². The molecule has 39 heavy (non-hydrogen) atoms. The Morgan fingerprint density at radius 1 is 0.923 bits per heavy atom. The van der Waals surface area contributed by atoms with Crippen LogP contribution >= 0.6 is 0 Å². The molecule has 0 unspecified atom stereocenters. The van der Waals surface area contributed by atoms with Crippen LogP contribution in [0.4, 0.5) is 0 Å². The second kappa shape index (κ2) is 11.7. The van der Waals surface area contributed by atoms with Gasteiger partial charge in [-0.3, -0.25) is 9.36 Å². The van der Waals surface area contributed by atoms with Crippen molar-refractivity contribution in [2.24, 2.45) is 7.05 Å². The Hall–Kier alpha value is -4.13. The maximum atomic E-state index is 12.8. The van der Waals surface area contributed by atoms with Crippen LogP contribution in [-0.2, 0) is 43.1 Å². The summed E-state index contributed by atoms with van der Waals surface area (Å²) < 4.78 is 8.50. The number of rotatable bonds is 10. The third-order valence-electron chi connectivity index (χ3n) is 7.06. The maximum absolute atomic E-state index is 12.8. The summed E-state index contributed by atoms with van der Waals surface area (Å²) in [6.07, 6.45) is 2.36. The molecule has 0 aliphatic rings. The zero-order chi connectivity index (χ0) is 28.2. The quantitative estimate of drug-likeness (QED) is 0.298. The van der Waals surface area contributed by atoms with Crippen molar-refractivity contribution in [1.29, 1.82) is 0 Å². The SMILES string of the molecule is COc1ccc(-c2ccc(CCCc3nn(Cc4ccc(C(C)(C)C)cc4)c(=O)n3C)cc2)cc1CC(=O)O. The Labute approximate surface area is 229 Å². The highest BCUT2D eigenvalue weighted by molar-refractivity contribution is 5.74. The average Bonchev–Trinajstić information content (AvgIpc) is 3.16. The van der Waals surface area contributed by atoms with E-state index >= 15 is 0 Å². The van der Waals surface area contributed by atoms with E-state index in [2.05, 4.69) is 74.4 Å². The Morgan fingerprint density at radius 2 is 1.56 bits per heavy atom. The Kier molecular flexibility index (Phi) is 8.38. The van der Waals surface area contributed by atoms with Gasteiger partial charge in [-0.1, -0.05) is 75.4 Å². The first-order valence-electron chi connectivity index (χ1n) is 13.3. The summed E-state index contributed by atoms with van der Waals surface area (Å²) in [5.41, 5.74) is 6.13. The summed E-state index contributed by atoms with van der Waals surface area (Å²) in [5, 5.41) is 13.8. The fourth-order valence-electron chi connectivity index (χ4n) is 4.71. The molecule has 0 saturated carbocycles. The van der Waals surface area contributed by atoms with Crippen molar-refractivity contribution in [3.8, 4) is 16.9 Å². The molecule has 0 amide bonds. The lowest BCUT2D eigenvalue weighted by molar-refractivity contribution is -0.136. The third-order valence-corrected chi connectivity index (χ3v) is 7.06. The minimum absolute atomic E-state index is 0.0865. The molecule has 0 atom stereocenters. The standard InChI is InChI=1S/C32H37N3O4/c1-32(2,3)27-16-11-23(12-17-27)21-35-31(38)34(4)29(33-35)8-6-7-22-9-13-24(14-10-22)25-15-18-28(39-5)26(19-25)20-30(36)37/h9-19H,6-8,20-21H2,1-5H3,(H,36,37). The van der Waals surface area contributed by atoms with E-state index in [0.29, 0.717) is 24.3 Å². The van der Waals surface area contributed by atoms with Gasteiger partial charge in [0.25, 0.3) is 0 Å². The van der Waals surface area contributed by atoms with E-state index in [4.69, 9.17) is 4.74 Å². The van der Waals surface area contributed by atoms with Crippen molar-refractivity contribution < 1.29 is 14.6 Å². The number of aliphatic carboxylic acids is 1. The highest BCUT2D eigenvalue weighted by Gasteiger charge is 2.15. The minimum atomic E-state index is -0.891. The van der Waals surface area contributed by atoms with E-state index in [1.165, 1.54) is 11.1 Å². The van der Waals surface area contributed by atoms with Crippen LogP contribution in [0.25, 0.3) is 11.1 Å². The second-order valence-corrected chi connectivity index (χ2v) is 11.0. The molecular weight excluding hydrogens is 490 g/mol. The van der Waals surface area contributed by atoms with Gasteiger partial charge in [0.2, 0.25) is 0 Å². The predicted octanol–water partition coefficient (Wildman–Crippen LogP) is 5.41. The molecule has 7 heteroatoms. The van der Waals surface area contributed by atoms with Crippen molar-refractivity contribution >= 4 is 5.97 Å². The van der Waals surface area contributed by atoms with Gasteiger partial charge in [0.15, 0.2) is 0 Å². The summed E-state index contributed by atoms with van der Waals surface area (Å²) in [6, 6.07) is 22.3. The zero-order valence-corrected chi connectivity index (χ0v) is 23.4. The number of carboxylic acid groups (broad SMARTS) is 1. The van der Waals surface area contributed by atoms with Crippen molar-refractivity contribution in [2.45, 2.75) is 58.4 Å². The maximum Gasteiger partial charge on any atom is 0.345 e. The molecule has 0 aliphatic carbocycles. The van der Waals surface area contributed by atoms with Gasteiger partial charge in [0.05, 0.1) is 20.1 Å². The molecule has 1 N–H and O–H groups in total. The summed E-state index contributed by atoms with van der Waals surface area (Å²) in [7, 11) is 3.33. The average molecular weight is 528 g/mol. The molecule has 0 aliphatic heterocycles. The summed E-state index contributed by atoms with van der Waals surface area (Å²) in [6.45, 7) is 7.02. The Balaban J connectivity index is 1.37. The highest BCUT2D eigenvalue weighted by atomic mass is 16.5. The lowest BCUT2D eigenvalue weighted by Gasteiger charge is -2.19. The topological polar surface area (TPSA) is 86.4 Å². The van der Waals surface area contributed by atoms with Crippen molar-refractivity contribution in [2.75, 3.05) is 7.11 Å². The number of carbonyl (C=O) groups is 1. The summed E-state index contributed by atoms with van der Waals surface area (Å²) in [4.78, 5) is 24.0. The molecule has 0 fully saturated rings. The van der Waals surface area contributed by atoms with Gasteiger partial charge in [-0.15, -0.1) is 0 Å². The second-order valence-electron chi connectivity index (χ2n) is 11.0. The smallest absolute Gasteiger partial charge is 0.345 e. The monoisotopic (exact) mass is 527 g/mol. The normalized spacial score (nSPS) is 11.5. The van der Waals surface area contributed by atoms with Crippen LogP contribution < -0.4 is 10.4 Å². The molecule has 1 heterocycles. The van der Waals surface area contributed by atoms with E-state index in [-0.39, 0.29) is 17.5 Å². The molecule has 3 aromatic carbocycles. The molecular formula is C32H37N3O4. The van der Waals surface area contributed by atoms with E-state index in [1.54, 1.807) is 23.4 Å². The highest BCUT2D eigenvalue weighted by Crippen LogP contribution is 2.28. The zero-order valence-electron chi connectivity index (χ0n) is 23.4. The first-order valence-corrected chi connectivity index (χ1v) is 13.3. The van der Waals surface area contributed by atoms with Crippen LogP contribution in [0.3, 0.4) is 0 Å². The molecule has 0 radical (unpaired) electrons. The minimum Gasteiger partial charge on any atom is -0.496 e. The van der Waals surface area contributed by atoms with Gasteiger partial charge in [-0.25, -0.2) is 9.48 Å². The number of ether oxygens (including phenoxy) is 1. The number of carboxylic acids is 1. The van der Waals surface area contributed by atoms with Crippen LogP contribution in [0, 0.1) is 0 Å². The lowest BCUT2D eigenvalue weighted by Crippen LogP contribution is -2.24. The number of methoxy groups -OCH3 is 1. The van der Waals surface area contributed by atoms with Crippen LogP contribution in [0.15, 0.2) is 71.5 Å². The molecule has 1 aromatic heterocycles. The lowest BCUT2D eigenvalue weighted by atomic mass is 9.87. The van der Waals surface area contributed by atoms with Crippen molar-refractivity contribution in [3.63, 3.8) is 0 Å². The van der Waals surface area contributed by atoms with E-state index in [9.17, 15) is 14.7 Å². The third kappa shape index (κ3) is 6.85. The van der Waals surface area contributed by atoms with Crippen molar-refractivity contribution in [3.05, 3.63) is 105 Å². The molecule has 0 bridgehead atoms. The van der Waals surface area contributed by atoms with E-state index in [1.807, 2.05) is 18.2 Å². The first kappa shape index (κ1) is 27.9. The molecule has 4 rings (SSSR count). The largest absolute Gasteiger partial charge is 0.496 e. The first-order chi connectivity index (χ1) is 18.5. The Morgan fingerprint density at radius 3 is 2.18 bits per heavy atom. The molecule has 4 aromatic rings. The molecule has 0 spiro atoms. The number of hydrogen-bond acceptors (Lipinski definition) is 4. The fourth-order valence-corrected chi connectivity index (χ4v) is 4.71. The Bertz CT molecular complexity index is 1490. The number of nitrogens with zero attached hydrogens (tertiary/aromatic N) is 3. The van der Waals surface area contributed by atoms with Crippen molar-refractivity contribution in [1.82, 2.24) is 14.3 Å². The van der Waals surface area contributed by atoms with Crippen LogP contribution in [0.1, 0.15) is 55.3 Å². The number of benzene rings is 3. The molecule has 204 valence electrons. The van der Waals surface area contributed by atoms with Gasteiger partial charge in [0.1, 0.15) is 11.6 Å². The van der Waals surface area contributed by atoms with Gasteiger partial charge >= 0.3 is 11.7 Å². The van der Waals surface area contributed by atoms with Gasteiger partial charge in [-0.05, 0) is 58.2 Å². The number of hydrogen-bond donors (Lipinski definition) is 1. The summed E-state index contributed by atoms with van der Waals surface area (Å²) >= 11 is 0. The van der Waals surface area contributed by atoms with Gasteiger partial charge in [0, 0.05) is 19.0 Å². The summed E-state index contributed by atoms with van der Waals surface area (Å²) in [5.74, 6) is 0.470. The fraction of sp³-hybridized carbons (Fsp3) is 0.344. The van der Waals surface area contributed by atoms with Gasteiger partial charge < -0.3 is 9.84 Å². The molecule has 7 nitrogen and oxygen atoms in total. The number of aromatic nitrogens is 3. The van der Waals surface area contributed by atoms with Crippen LogP contribution in [0.5, 0.6) is 5.75 Å².